The van der Waals surface area contributed by atoms with Crippen LogP contribution in [0, 0.1) is 5.92 Å². The molecule has 0 aliphatic carbocycles. The van der Waals surface area contributed by atoms with E-state index in [0.717, 1.165) is 29.9 Å². The molecule has 150 valence electrons. The fourth-order valence-corrected chi connectivity index (χ4v) is 3.70. The molecule has 1 N–H and O–H groups in total. The minimum absolute atomic E-state index is 0.118. The van der Waals surface area contributed by atoms with Gasteiger partial charge in [0.1, 0.15) is 28.7 Å². The number of hydrogen-bond donors (Lipinski definition) is 1. The first-order chi connectivity index (χ1) is 13.6. The van der Waals surface area contributed by atoms with Crippen LogP contribution in [0.2, 0.25) is 0 Å². The molecule has 2 heterocycles. The van der Waals surface area contributed by atoms with Crippen molar-refractivity contribution in [3.63, 3.8) is 0 Å². The number of methoxy groups -OCH3 is 2. The van der Waals surface area contributed by atoms with Crippen molar-refractivity contribution in [1.82, 2.24) is 9.97 Å². The molecule has 8 heteroatoms. The van der Waals surface area contributed by atoms with Crippen LogP contribution < -0.4 is 19.7 Å². The summed E-state index contributed by atoms with van der Waals surface area (Å²) in [5.41, 5.74) is 0.632. The average molecular weight is 403 g/mol. The third-order valence-corrected chi connectivity index (χ3v) is 5.65. The number of anilines is 2. The summed E-state index contributed by atoms with van der Waals surface area (Å²) in [7, 11) is 3.15. The summed E-state index contributed by atoms with van der Waals surface area (Å²) in [5.74, 6) is 3.09. The van der Waals surface area contributed by atoms with E-state index in [1.807, 2.05) is 6.07 Å². The molecule has 0 bridgehead atoms. The van der Waals surface area contributed by atoms with E-state index in [-0.39, 0.29) is 11.7 Å². The SMILES string of the molecule is COc1cc(NC(=O)CSc2cc(N3CCC(C)CC3)ncn2)cc(OC)c1. The predicted molar refractivity (Wildman–Crippen MR) is 112 cm³/mol. The molecule has 1 fully saturated rings. The molecule has 1 aromatic carbocycles. The maximum absolute atomic E-state index is 12.3. The highest BCUT2D eigenvalue weighted by Crippen LogP contribution is 2.27. The van der Waals surface area contributed by atoms with Gasteiger partial charge in [-0.1, -0.05) is 18.7 Å². The third-order valence-electron chi connectivity index (χ3n) is 4.72. The number of nitrogens with zero attached hydrogens (tertiary/aromatic N) is 3. The molecule has 1 aliphatic rings. The first-order valence-corrected chi connectivity index (χ1v) is 10.3. The summed E-state index contributed by atoms with van der Waals surface area (Å²) < 4.78 is 10.5. The van der Waals surface area contributed by atoms with E-state index in [1.54, 1.807) is 38.7 Å². The van der Waals surface area contributed by atoms with Gasteiger partial charge < -0.3 is 19.7 Å². The molecule has 1 aromatic heterocycles. The van der Waals surface area contributed by atoms with Gasteiger partial charge in [0.15, 0.2) is 0 Å². The van der Waals surface area contributed by atoms with Crippen molar-refractivity contribution in [3.8, 4) is 11.5 Å². The summed E-state index contributed by atoms with van der Waals surface area (Å²) in [6.45, 7) is 4.32. The highest BCUT2D eigenvalue weighted by Gasteiger charge is 2.17. The number of carbonyl (C=O) groups is 1. The van der Waals surface area contributed by atoms with Gasteiger partial charge >= 0.3 is 0 Å². The van der Waals surface area contributed by atoms with Crippen molar-refractivity contribution < 1.29 is 14.3 Å². The number of hydrogen-bond acceptors (Lipinski definition) is 7. The molecular weight excluding hydrogens is 376 g/mol. The number of amides is 1. The van der Waals surface area contributed by atoms with Gasteiger partial charge in [-0.15, -0.1) is 0 Å². The lowest BCUT2D eigenvalue weighted by Crippen LogP contribution is -2.33. The zero-order valence-corrected chi connectivity index (χ0v) is 17.3. The van der Waals surface area contributed by atoms with Crippen LogP contribution in [0.1, 0.15) is 19.8 Å². The second-order valence-electron chi connectivity index (χ2n) is 6.82. The molecule has 28 heavy (non-hydrogen) atoms. The summed E-state index contributed by atoms with van der Waals surface area (Å²) in [6.07, 6.45) is 3.93. The lowest BCUT2D eigenvalue weighted by Gasteiger charge is -2.31. The molecule has 7 nitrogen and oxygen atoms in total. The molecule has 1 amide bonds. The Balaban J connectivity index is 1.57. The summed E-state index contributed by atoms with van der Waals surface area (Å²) in [4.78, 5) is 23.3. The van der Waals surface area contributed by atoms with E-state index in [0.29, 0.717) is 17.2 Å². The van der Waals surface area contributed by atoms with Gasteiger partial charge in [0.05, 0.1) is 20.0 Å². The molecule has 3 rings (SSSR count). The topological polar surface area (TPSA) is 76.6 Å². The third kappa shape index (κ3) is 5.51. The highest BCUT2D eigenvalue weighted by atomic mass is 32.2. The van der Waals surface area contributed by atoms with E-state index in [4.69, 9.17) is 9.47 Å². The van der Waals surface area contributed by atoms with Gasteiger partial charge in [0, 0.05) is 43.0 Å². The largest absolute Gasteiger partial charge is 0.497 e. The van der Waals surface area contributed by atoms with Gasteiger partial charge in [0.25, 0.3) is 0 Å². The van der Waals surface area contributed by atoms with Gasteiger partial charge in [-0.3, -0.25) is 4.79 Å². The maximum atomic E-state index is 12.3. The lowest BCUT2D eigenvalue weighted by atomic mass is 9.99. The molecule has 0 saturated carbocycles. The number of thioether (sulfide) groups is 1. The molecular formula is C20H26N4O3S. The molecule has 1 saturated heterocycles. The Kier molecular flexibility index (Phi) is 6.97. The Hall–Kier alpha value is -2.48. The molecule has 2 aromatic rings. The van der Waals surface area contributed by atoms with Crippen LogP contribution >= 0.6 is 11.8 Å². The molecule has 0 unspecified atom stereocenters. The van der Waals surface area contributed by atoms with Crippen LogP contribution in [0.25, 0.3) is 0 Å². The van der Waals surface area contributed by atoms with Crippen LogP contribution in [-0.4, -0.2) is 48.9 Å². The fourth-order valence-electron chi connectivity index (χ4n) is 3.04. The average Bonchev–Trinajstić information content (AvgIpc) is 2.72. The van der Waals surface area contributed by atoms with Gasteiger partial charge in [-0.05, 0) is 18.8 Å². The minimum atomic E-state index is -0.118. The van der Waals surface area contributed by atoms with Crippen molar-refractivity contribution in [2.45, 2.75) is 24.8 Å². The quantitative estimate of drug-likeness (QED) is 0.561. The van der Waals surface area contributed by atoms with Gasteiger partial charge in [0.2, 0.25) is 5.91 Å². The monoisotopic (exact) mass is 402 g/mol. The second kappa shape index (κ2) is 9.64. The number of piperidine rings is 1. The molecule has 0 radical (unpaired) electrons. The highest BCUT2D eigenvalue weighted by molar-refractivity contribution is 7.99. The Bertz CT molecular complexity index is 788. The number of aromatic nitrogens is 2. The number of carbonyl (C=O) groups excluding carboxylic acids is 1. The van der Waals surface area contributed by atoms with Crippen LogP contribution in [0.5, 0.6) is 11.5 Å². The van der Waals surface area contributed by atoms with E-state index in [9.17, 15) is 4.79 Å². The van der Waals surface area contributed by atoms with Gasteiger partial charge in [-0.25, -0.2) is 9.97 Å². The number of benzene rings is 1. The van der Waals surface area contributed by atoms with Crippen LogP contribution in [-0.2, 0) is 4.79 Å². The Morgan fingerprint density at radius 3 is 2.46 bits per heavy atom. The van der Waals surface area contributed by atoms with Crippen LogP contribution in [0.4, 0.5) is 11.5 Å². The van der Waals surface area contributed by atoms with Crippen LogP contribution in [0.3, 0.4) is 0 Å². The standard InChI is InChI=1S/C20H26N4O3S/c1-14-4-6-24(7-5-14)18-11-20(22-13-21-18)28-12-19(25)23-15-8-16(26-2)10-17(9-15)27-3/h8-11,13-14H,4-7,12H2,1-3H3,(H,23,25). The Labute approximate surface area is 169 Å². The van der Waals surface area contributed by atoms with Crippen molar-refractivity contribution in [2.75, 3.05) is 43.3 Å². The maximum Gasteiger partial charge on any atom is 0.234 e. The van der Waals surface area contributed by atoms with Crippen molar-refractivity contribution in [1.29, 1.82) is 0 Å². The first-order valence-electron chi connectivity index (χ1n) is 9.30. The number of ether oxygens (including phenoxy) is 2. The van der Waals surface area contributed by atoms with E-state index in [1.165, 1.54) is 24.6 Å². The summed E-state index contributed by atoms with van der Waals surface area (Å²) in [6, 6.07) is 7.23. The fraction of sp³-hybridized carbons (Fsp3) is 0.450. The summed E-state index contributed by atoms with van der Waals surface area (Å²) in [5, 5.41) is 3.66. The van der Waals surface area contributed by atoms with E-state index in [2.05, 4.69) is 27.1 Å². The van der Waals surface area contributed by atoms with Gasteiger partial charge in [-0.2, -0.15) is 0 Å². The smallest absolute Gasteiger partial charge is 0.234 e. The number of nitrogens with one attached hydrogen (secondary N) is 1. The molecule has 0 spiro atoms. The normalized spacial score (nSPS) is 14.6. The molecule has 1 aliphatic heterocycles. The summed E-state index contributed by atoms with van der Waals surface area (Å²) >= 11 is 1.39. The lowest BCUT2D eigenvalue weighted by molar-refractivity contribution is -0.113. The Morgan fingerprint density at radius 2 is 1.82 bits per heavy atom. The first kappa shape index (κ1) is 20.3. The minimum Gasteiger partial charge on any atom is -0.497 e. The van der Waals surface area contributed by atoms with E-state index >= 15 is 0 Å². The molecule has 0 atom stereocenters. The van der Waals surface area contributed by atoms with Crippen molar-refractivity contribution in [3.05, 3.63) is 30.6 Å². The predicted octanol–water partition coefficient (Wildman–Crippen LogP) is 3.46. The van der Waals surface area contributed by atoms with E-state index < -0.39 is 0 Å². The van der Waals surface area contributed by atoms with Crippen molar-refractivity contribution >= 4 is 29.2 Å². The Morgan fingerprint density at radius 1 is 1.14 bits per heavy atom. The zero-order chi connectivity index (χ0) is 19.9. The second-order valence-corrected chi connectivity index (χ2v) is 7.82. The number of rotatable bonds is 7. The van der Waals surface area contributed by atoms with Crippen molar-refractivity contribution in [2.24, 2.45) is 5.92 Å². The zero-order valence-electron chi connectivity index (χ0n) is 16.5. The van der Waals surface area contributed by atoms with Crippen LogP contribution in [0.15, 0.2) is 35.6 Å².